The summed E-state index contributed by atoms with van der Waals surface area (Å²) >= 11 is 0. The van der Waals surface area contributed by atoms with Crippen LogP contribution >= 0.6 is 0 Å². The van der Waals surface area contributed by atoms with E-state index >= 15 is 0 Å². The molecule has 0 rings (SSSR count). The van der Waals surface area contributed by atoms with Crippen LogP contribution in [0.3, 0.4) is 0 Å². The van der Waals surface area contributed by atoms with Gasteiger partial charge in [-0.05, 0) is 27.2 Å². The fourth-order valence-electron chi connectivity index (χ4n) is 0.960. The van der Waals surface area contributed by atoms with Gasteiger partial charge in [-0.3, -0.25) is 4.79 Å². The van der Waals surface area contributed by atoms with Crippen molar-refractivity contribution in [3.8, 4) is 0 Å². The van der Waals surface area contributed by atoms with Crippen molar-refractivity contribution >= 4 is 5.97 Å². The van der Waals surface area contributed by atoms with Crippen molar-refractivity contribution in [3.63, 3.8) is 0 Å². The largest absolute Gasteiger partial charge is 0.433 e. The molecule has 0 radical (unpaired) electrons. The summed E-state index contributed by atoms with van der Waals surface area (Å²) in [5.41, 5.74) is -0.467. The van der Waals surface area contributed by atoms with Crippen molar-refractivity contribution in [3.05, 3.63) is 0 Å². The van der Waals surface area contributed by atoms with E-state index in [4.69, 9.17) is 14.5 Å². The predicted octanol–water partition coefficient (Wildman–Crippen LogP) is 3.13. The van der Waals surface area contributed by atoms with E-state index in [0.717, 1.165) is 19.3 Å². The molecule has 0 aromatic heterocycles. The van der Waals surface area contributed by atoms with E-state index in [1.165, 1.54) is 0 Å². The number of unbranched alkanes of at least 4 members (excludes halogenated alkanes) is 2. The zero-order valence-corrected chi connectivity index (χ0v) is 11.4. The summed E-state index contributed by atoms with van der Waals surface area (Å²) in [6.07, 6.45) is 2.56. The molecule has 1 atom stereocenters. The number of carbonyl (C=O) groups excluding carboxylic acids is 1. The molecule has 0 spiro atoms. The molecule has 0 aliphatic rings. The van der Waals surface area contributed by atoms with E-state index in [-0.39, 0.29) is 5.97 Å². The Balaban J connectivity index is 3.57. The van der Waals surface area contributed by atoms with Gasteiger partial charge >= 0.3 is 5.97 Å². The molecule has 0 heterocycles. The summed E-state index contributed by atoms with van der Waals surface area (Å²) in [4.78, 5) is 20.9. The first-order valence-electron chi connectivity index (χ1n) is 6.06. The van der Waals surface area contributed by atoms with Crippen LogP contribution in [0.2, 0.25) is 0 Å². The Morgan fingerprint density at radius 1 is 1.24 bits per heavy atom. The van der Waals surface area contributed by atoms with Gasteiger partial charge < -0.3 is 4.74 Å². The molecule has 0 aromatic carbocycles. The van der Waals surface area contributed by atoms with E-state index in [1.807, 2.05) is 20.8 Å². The van der Waals surface area contributed by atoms with E-state index in [2.05, 4.69) is 12.0 Å². The lowest BCUT2D eigenvalue weighted by atomic mass is 10.2. The second kappa shape index (κ2) is 8.44. The normalized spacial score (nSPS) is 13.5. The smallest absolute Gasteiger partial charge is 0.308 e. The van der Waals surface area contributed by atoms with Crippen LogP contribution in [-0.4, -0.2) is 17.9 Å². The van der Waals surface area contributed by atoms with E-state index in [0.29, 0.717) is 6.42 Å². The SMILES string of the molecule is CCCCCC(=O)OC(C)OOOC(C)(C)C. The lowest BCUT2D eigenvalue weighted by molar-refractivity contribution is -0.563. The molecule has 0 N–H and O–H groups in total. The molecule has 17 heavy (non-hydrogen) atoms. The molecular formula is C12H24O5. The Labute approximate surface area is 103 Å². The van der Waals surface area contributed by atoms with Gasteiger partial charge in [0, 0.05) is 13.3 Å². The van der Waals surface area contributed by atoms with Gasteiger partial charge in [-0.2, -0.15) is 4.89 Å². The van der Waals surface area contributed by atoms with Crippen molar-refractivity contribution in [1.82, 2.24) is 0 Å². The molecule has 0 saturated heterocycles. The van der Waals surface area contributed by atoms with Crippen LogP contribution in [0.5, 0.6) is 0 Å². The topological polar surface area (TPSA) is 54.0 Å². The molecule has 0 bridgehead atoms. The molecule has 0 fully saturated rings. The Morgan fingerprint density at radius 3 is 2.41 bits per heavy atom. The molecule has 102 valence electrons. The summed E-state index contributed by atoms with van der Waals surface area (Å²) in [5, 5.41) is 4.51. The maximum atomic E-state index is 11.3. The third-order valence-corrected chi connectivity index (χ3v) is 1.74. The monoisotopic (exact) mass is 248 g/mol. The van der Waals surface area contributed by atoms with Crippen LogP contribution in [0.1, 0.15) is 60.3 Å². The fourth-order valence-corrected chi connectivity index (χ4v) is 0.960. The second-order valence-corrected chi connectivity index (χ2v) is 4.87. The van der Waals surface area contributed by atoms with E-state index in [1.54, 1.807) is 6.92 Å². The van der Waals surface area contributed by atoms with Crippen molar-refractivity contribution in [2.45, 2.75) is 72.2 Å². The highest BCUT2D eigenvalue weighted by Gasteiger charge is 2.15. The molecule has 0 saturated carbocycles. The minimum absolute atomic E-state index is 0.287. The average molecular weight is 248 g/mol. The van der Waals surface area contributed by atoms with Crippen LogP contribution in [0.25, 0.3) is 0 Å². The van der Waals surface area contributed by atoms with Crippen molar-refractivity contribution < 1.29 is 24.3 Å². The fraction of sp³-hybridized carbons (Fsp3) is 0.917. The molecule has 1 unspecified atom stereocenters. The van der Waals surface area contributed by atoms with Crippen LogP contribution in [0.4, 0.5) is 0 Å². The van der Waals surface area contributed by atoms with Crippen molar-refractivity contribution in [2.24, 2.45) is 0 Å². The first kappa shape index (κ1) is 16.4. The number of esters is 1. The minimum Gasteiger partial charge on any atom is -0.433 e. The molecule has 0 aliphatic carbocycles. The van der Waals surface area contributed by atoms with Gasteiger partial charge in [-0.25, -0.2) is 4.89 Å². The Kier molecular flexibility index (Phi) is 8.12. The minimum atomic E-state index is -0.772. The van der Waals surface area contributed by atoms with Crippen LogP contribution in [0.15, 0.2) is 0 Å². The zero-order chi connectivity index (χ0) is 13.3. The number of hydrogen-bond donors (Lipinski definition) is 0. The van der Waals surface area contributed by atoms with Crippen molar-refractivity contribution in [2.75, 3.05) is 0 Å². The highest BCUT2D eigenvalue weighted by atomic mass is 17.5. The second-order valence-electron chi connectivity index (χ2n) is 4.87. The zero-order valence-electron chi connectivity index (χ0n) is 11.4. The standard InChI is InChI=1S/C12H24O5/c1-6-7-8-9-11(13)14-10(2)15-17-16-12(3,4)5/h10H,6-9H2,1-5H3. The lowest BCUT2D eigenvalue weighted by Gasteiger charge is -2.18. The maximum Gasteiger partial charge on any atom is 0.308 e. The highest BCUT2D eigenvalue weighted by molar-refractivity contribution is 5.69. The van der Waals surface area contributed by atoms with Gasteiger partial charge in [0.05, 0.1) is 5.60 Å². The summed E-state index contributed by atoms with van der Waals surface area (Å²) in [6.45, 7) is 9.10. The van der Waals surface area contributed by atoms with Gasteiger partial charge in [-0.15, -0.1) is 0 Å². The van der Waals surface area contributed by atoms with Crippen LogP contribution in [0, 0.1) is 0 Å². The summed E-state index contributed by atoms with van der Waals surface area (Å²) in [5.74, 6) is -0.287. The Bertz CT molecular complexity index is 209. The molecule has 0 amide bonds. The first-order valence-corrected chi connectivity index (χ1v) is 6.06. The number of ether oxygens (including phenoxy) is 1. The van der Waals surface area contributed by atoms with Gasteiger partial charge in [0.15, 0.2) is 0 Å². The van der Waals surface area contributed by atoms with Crippen LogP contribution < -0.4 is 0 Å². The van der Waals surface area contributed by atoms with Gasteiger partial charge in [0.1, 0.15) is 0 Å². The third-order valence-electron chi connectivity index (χ3n) is 1.74. The third kappa shape index (κ3) is 11.6. The Morgan fingerprint density at radius 2 is 1.88 bits per heavy atom. The van der Waals surface area contributed by atoms with Gasteiger partial charge in [0.25, 0.3) is 0 Å². The van der Waals surface area contributed by atoms with Crippen molar-refractivity contribution in [1.29, 1.82) is 0 Å². The summed E-state index contributed by atoms with van der Waals surface area (Å²) in [6, 6.07) is 0. The van der Waals surface area contributed by atoms with Crippen LogP contribution in [-0.2, 0) is 24.3 Å². The quantitative estimate of drug-likeness (QED) is 0.217. The number of hydrogen-bond acceptors (Lipinski definition) is 5. The molecule has 5 heteroatoms. The Hall–Kier alpha value is -0.650. The summed E-state index contributed by atoms with van der Waals surface area (Å²) < 4.78 is 4.95. The average Bonchev–Trinajstić information content (AvgIpc) is 2.15. The van der Waals surface area contributed by atoms with E-state index in [9.17, 15) is 4.79 Å². The first-order chi connectivity index (χ1) is 7.85. The maximum absolute atomic E-state index is 11.3. The van der Waals surface area contributed by atoms with Gasteiger partial charge in [-0.1, -0.05) is 24.8 Å². The summed E-state index contributed by atoms with van der Waals surface area (Å²) in [7, 11) is 0. The predicted molar refractivity (Wildman–Crippen MR) is 62.7 cm³/mol. The number of carbonyl (C=O) groups is 1. The molecule has 5 nitrogen and oxygen atoms in total. The highest BCUT2D eigenvalue weighted by Crippen LogP contribution is 2.09. The molecule has 0 aromatic rings. The number of rotatable bonds is 8. The van der Waals surface area contributed by atoms with E-state index < -0.39 is 11.9 Å². The molecular weight excluding hydrogens is 224 g/mol. The van der Waals surface area contributed by atoms with Gasteiger partial charge in [0.2, 0.25) is 6.29 Å². The lowest BCUT2D eigenvalue weighted by Crippen LogP contribution is -2.23. The molecule has 0 aliphatic heterocycles.